The lowest BCUT2D eigenvalue weighted by atomic mass is 9.96. The highest BCUT2D eigenvalue weighted by atomic mass is 32.2. The minimum atomic E-state index is -0.988. The first-order chi connectivity index (χ1) is 11.7. The number of hydrogen-bond donors (Lipinski definition) is 2. The fourth-order valence-electron chi connectivity index (χ4n) is 3.31. The van der Waals surface area contributed by atoms with Gasteiger partial charge in [-0.3, -0.25) is 9.59 Å². The lowest BCUT2D eigenvalue weighted by molar-refractivity contribution is -0.160. The van der Waals surface area contributed by atoms with Crippen LogP contribution in [-0.4, -0.2) is 49.9 Å². The number of fused-ring (bicyclic) bond motifs is 1. The maximum atomic E-state index is 12.4. The normalized spacial score (nSPS) is 27.5. The molecule has 1 amide bonds. The Hall–Kier alpha value is -2.28. The Balaban J connectivity index is 1.71. The lowest BCUT2D eigenvalue weighted by Crippen LogP contribution is -2.69. The molecule has 3 rings (SSSR count). The van der Waals surface area contributed by atoms with Gasteiger partial charge in [-0.05, 0) is 20.8 Å². The summed E-state index contributed by atoms with van der Waals surface area (Å²) in [5.74, 6) is -1.37. The number of benzene rings is 1. The number of thioether (sulfide) groups is 1. The fourth-order valence-corrected chi connectivity index (χ4v) is 4.94. The van der Waals surface area contributed by atoms with Crippen LogP contribution >= 0.6 is 11.8 Å². The van der Waals surface area contributed by atoms with Crippen molar-refractivity contribution in [2.45, 2.75) is 43.0 Å². The number of ketones is 1. The second-order valence-corrected chi connectivity index (χ2v) is 8.55. The molecule has 0 saturated carbocycles. The van der Waals surface area contributed by atoms with E-state index < -0.39 is 22.8 Å². The van der Waals surface area contributed by atoms with E-state index >= 15 is 0 Å². The van der Waals surface area contributed by atoms with Gasteiger partial charge < -0.3 is 15.3 Å². The van der Waals surface area contributed by atoms with Crippen LogP contribution in [0.15, 0.2) is 42.1 Å². The maximum absolute atomic E-state index is 12.4. The molecule has 6 nitrogen and oxygen atoms in total. The summed E-state index contributed by atoms with van der Waals surface area (Å²) in [6, 6.07) is 7.55. The minimum Gasteiger partial charge on any atom is -0.480 e. The van der Waals surface area contributed by atoms with Gasteiger partial charge in [0.2, 0.25) is 5.91 Å². The second-order valence-electron chi connectivity index (χ2n) is 6.78. The van der Waals surface area contributed by atoms with E-state index in [0.717, 1.165) is 0 Å². The molecule has 2 heterocycles. The Kier molecular flexibility index (Phi) is 4.36. The third-order valence-corrected chi connectivity index (χ3v) is 6.04. The molecule has 132 valence electrons. The summed E-state index contributed by atoms with van der Waals surface area (Å²) in [6.45, 7) is 5.40. The summed E-state index contributed by atoms with van der Waals surface area (Å²) in [5.41, 5.74) is 1.16. The highest BCUT2D eigenvalue weighted by molar-refractivity contribution is 8.01. The minimum absolute atomic E-state index is 0.142. The van der Waals surface area contributed by atoms with Crippen molar-refractivity contribution in [3.63, 3.8) is 0 Å². The van der Waals surface area contributed by atoms with E-state index in [1.165, 1.54) is 22.7 Å². The van der Waals surface area contributed by atoms with Crippen molar-refractivity contribution in [1.82, 2.24) is 10.2 Å². The molecule has 2 fully saturated rings. The van der Waals surface area contributed by atoms with E-state index in [9.17, 15) is 19.5 Å². The predicted octanol–water partition coefficient (Wildman–Crippen LogP) is 1.88. The molecular formula is C18H20N2O4S. The molecule has 2 N–H and O–H groups in total. The average molecular weight is 360 g/mol. The molecule has 2 aliphatic heterocycles. The molecule has 1 aromatic carbocycles. The third kappa shape index (κ3) is 3.04. The van der Waals surface area contributed by atoms with E-state index in [-0.39, 0.29) is 17.1 Å². The molecule has 25 heavy (non-hydrogen) atoms. The van der Waals surface area contributed by atoms with Crippen LogP contribution in [0.2, 0.25) is 0 Å². The highest BCUT2D eigenvalue weighted by Gasteiger charge is 2.63. The summed E-state index contributed by atoms with van der Waals surface area (Å²) in [4.78, 5) is 37.5. The number of carboxylic acid groups (broad SMARTS) is 1. The zero-order valence-electron chi connectivity index (χ0n) is 14.2. The fraction of sp³-hybridized carbons (Fsp3) is 0.389. The molecule has 0 aromatic heterocycles. The van der Waals surface area contributed by atoms with Crippen LogP contribution < -0.4 is 5.32 Å². The van der Waals surface area contributed by atoms with Crippen molar-refractivity contribution in [2.75, 3.05) is 0 Å². The van der Waals surface area contributed by atoms with Gasteiger partial charge in [-0.15, -0.1) is 11.8 Å². The number of aliphatic carboxylic acids is 1. The van der Waals surface area contributed by atoms with Gasteiger partial charge in [-0.2, -0.15) is 0 Å². The van der Waals surface area contributed by atoms with Gasteiger partial charge >= 0.3 is 5.97 Å². The smallest absolute Gasteiger partial charge is 0.327 e. The molecule has 2 aliphatic rings. The van der Waals surface area contributed by atoms with E-state index in [1.807, 2.05) is 19.9 Å². The number of hydrogen-bond acceptors (Lipinski definition) is 5. The first-order valence-electron chi connectivity index (χ1n) is 7.99. The average Bonchev–Trinajstić information content (AvgIpc) is 2.81. The molecule has 0 unspecified atom stereocenters. The van der Waals surface area contributed by atoms with Crippen molar-refractivity contribution in [3.05, 3.63) is 47.7 Å². The van der Waals surface area contributed by atoms with Crippen molar-refractivity contribution in [1.29, 1.82) is 0 Å². The first kappa shape index (κ1) is 17.5. The van der Waals surface area contributed by atoms with Crippen LogP contribution in [0.3, 0.4) is 0 Å². The molecule has 3 atom stereocenters. The van der Waals surface area contributed by atoms with Crippen LogP contribution in [0.25, 0.3) is 0 Å². The second kappa shape index (κ2) is 6.22. The van der Waals surface area contributed by atoms with Crippen molar-refractivity contribution in [3.8, 4) is 0 Å². The monoisotopic (exact) mass is 360 g/mol. The van der Waals surface area contributed by atoms with Gasteiger partial charge in [-0.1, -0.05) is 30.3 Å². The van der Waals surface area contributed by atoms with Crippen LogP contribution in [0.4, 0.5) is 0 Å². The Morgan fingerprint density at radius 1 is 1.28 bits per heavy atom. The summed E-state index contributed by atoms with van der Waals surface area (Å²) < 4.78 is -0.555. The standard InChI is InChI=1S/C18H20N2O4S/c1-10(9-12(21)11-7-5-4-6-8-11)19-13-15(22)20-14(17(23)24)18(2,3)25-16(13)20/h4-9,13-14,16,19H,1-3H3,(H,23,24)/t13-,14+,16-/m1/s1. The van der Waals surface area contributed by atoms with Crippen LogP contribution in [0.1, 0.15) is 31.1 Å². The van der Waals surface area contributed by atoms with Crippen LogP contribution in [0, 0.1) is 0 Å². The van der Waals surface area contributed by atoms with Crippen LogP contribution in [-0.2, 0) is 9.59 Å². The predicted molar refractivity (Wildman–Crippen MR) is 95.2 cm³/mol. The van der Waals surface area contributed by atoms with Crippen molar-refractivity contribution < 1.29 is 19.5 Å². The number of β-lactam (4-membered cyclic amide) rings is 1. The largest absolute Gasteiger partial charge is 0.480 e. The molecule has 0 radical (unpaired) electrons. The van der Waals surface area contributed by atoms with Crippen molar-refractivity contribution >= 4 is 29.4 Å². The highest BCUT2D eigenvalue weighted by Crippen LogP contribution is 2.50. The van der Waals surface area contributed by atoms with Gasteiger partial charge in [0.15, 0.2) is 5.78 Å². The lowest BCUT2D eigenvalue weighted by Gasteiger charge is -2.44. The number of carboxylic acids is 1. The van der Waals surface area contributed by atoms with E-state index in [4.69, 9.17) is 0 Å². The van der Waals surface area contributed by atoms with Gasteiger partial charge in [0.25, 0.3) is 0 Å². The molecule has 0 bridgehead atoms. The molecular weight excluding hydrogens is 340 g/mol. The zero-order valence-corrected chi connectivity index (χ0v) is 15.0. The third-order valence-electron chi connectivity index (χ3n) is 4.46. The summed E-state index contributed by atoms with van der Waals surface area (Å²) in [7, 11) is 0. The maximum Gasteiger partial charge on any atom is 0.327 e. The van der Waals surface area contributed by atoms with Gasteiger partial charge in [-0.25, -0.2) is 4.79 Å². The molecule has 2 saturated heterocycles. The Bertz CT molecular complexity index is 760. The van der Waals surface area contributed by atoms with E-state index in [2.05, 4.69) is 5.32 Å². The number of amides is 1. The number of rotatable bonds is 5. The van der Waals surface area contributed by atoms with E-state index in [1.54, 1.807) is 31.2 Å². The molecule has 7 heteroatoms. The number of nitrogens with one attached hydrogen (secondary N) is 1. The molecule has 1 aromatic rings. The van der Waals surface area contributed by atoms with Gasteiger partial charge in [0, 0.05) is 22.1 Å². The van der Waals surface area contributed by atoms with Gasteiger partial charge in [0.1, 0.15) is 17.5 Å². The van der Waals surface area contributed by atoms with E-state index in [0.29, 0.717) is 11.3 Å². The zero-order chi connectivity index (χ0) is 18.4. The van der Waals surface area contributed by atoms with Gasteiger partial charge in [0.05, 0.1) is 0 Å². The number of nitrogens with zero attached hydrogens (tertiary/aromatic N) is 1. The number of carbonyl (C=O) groups is 3. The summed E-state index contributed by atoms with van der Waals surface area (Å²) in [5, 5.41) is 12.3. The Morgan fingerprint density at radius 3 is 2.52 bits per heavy atom. The Labute approximate surface area is 150 Å². The van der Waals surface area contributed by atoms with Crippen molar-refractivity contribution in [2.24, 2.45) is 0 Å². The summed E-state index contributed by atoms with van der Waals surface area (Å²) >= 11 is 1.47. The Morgan fingerprint density at radius 2 is 1.92 bits per heavy atom. The van der Waals surface area contributed by atoms with Crippen LogP contribution in [0.5, 0.6) is 0 Å². The quantitative estimate of drug-likeness (QED) is 0.474. The number of allylic oxidation sites excluding steroid dienone is 2. The first-order valence-corrected chi connectivity index (χ1v) is 8.87. The summed E-state index contributed by atoms with van der Waals surface area (Å²) in [6.07, 6.45) is 1.46. The topological polar surface area (TPSA) is 86.7 Å². The molecule has 0 spiro atoms. The number of carbonyl (C=O) groups excluding carboxylic acids is 2. The molecule has 0 aliphatic carbocycles. The SMILES string of the molecule is CC(=CC(=O)c1ccccc1)N[C@@H]1C(=O)N2[C@@H]1SC(C)(C)[C@@H]2C(=O)O.